The number of ether oxygens (including phenoxy) is 1. The molecule has 0 fully saturated rings. The monoisotopic (exact) mass is 415 g/mol. The number of carbonyl (C=O) groups excluding carboxylic acids is 2. The predicted molar refractivity (Wildman–Crippen MR) is 104 cm³/mol. The second-order valence-corrected chi connectivity index (χ2v) is 7.81. The van der Waals surface area contributed by atoms with Gasteiger partial charge in [-0.15, -0.1) is 0 Å². The van der Waals surface area contributed by atoms with Crippen LogP contribution >= 0.6 is 0 Å². The minimum absolute atomic E-state index is 0.0178. The Morgan fingerprint density at radius 3 is 2.38 bits per heavy atom. The largest absolute Gasteiger partial charge is 0.452 e. The van der Waals surface area contributed by atoms with Crippen LogP contribution in [-0.4, -0.2) is 39.1 Å². The van der Waals surface area contributed by atoms with Crippen LogP contribution in [0.5, 0.6) is 0 Å². The number of para-hydroxylation sites is 1. The zero-order valence-electron chi connectivity index (χ0n) is 15.3. The van der Waals surface area contributed by atoms with Crippen molar-refractivity contribution in [2.45, 2.75) is 4.90 Å². The van der Waals surface area contributed by atoms with Crippen LogP contribution in [0.15, 0.2) is 76.3 Å². The second-order valence-electron chi connectivity index (χ2n) is 5.84. The number of hydrogen-bond donors (Lipinski definition) is 1. The molecule has 0 aliphatic heterocycles. The van der Waals surface area contributed by atoms with Crippen LogP contribution in [-0.2, 0) is 19.6 Å². The van der Waals surface area contributed by atoms with E-state index in [0.29, 0.717) is 5.69 Å². The third kappa shape index (κ3) is 4.79. The fourth-order valence-corrected chi connectivity index (χ4v) is 3.56. The smallest absolute Gasteiger partial charge is 0.338 e. The van der Waals surface area contributed by atoms with E-state index in [1.54, 1.807) is 30.3 Å². The molecule has 0 atom stereocenters. The molecule has 10 heteroatoms. The highest BCUT2D eigenvalue weighted by Gasteiger charge is 2.21. The Kier molecular flexibility index (Phi) is 5.93. The minimum Gasteiger partial charge on any atom is -0.452 e. The van der Waals surface area contributed by atoms with Crippen molar-refractivity contribution < 1.29 is 27.3 Å². The highest BCUT2D eigenvalue weighted by atomic mass is 32.2. The third-order valence-corrected chi connectivity index (χ3v) is 5.71. The molecule has 1 aromatic heterocycles. The molecule has 150 valence electrons. The molecule has 1 amide bonds. The first-order valence-electron chi connectivity index (χ1n) is 8.39. The van der Waals surface area contributed by atoms with Crippen LogP contribution in [0, 0.1) is 0 Å². The van der Waals surface area contributed by atoms with Gasteiger partial charge in [-0.1, -0.05) is 23.4 Å². The highest BCUT2D eigenvalue weighted by molar-refractivity contribution is 7.92. The Hall–Kier alpha value is -3.66. The Morgan fingerprint density at radius 1 is 1.07 bits per heavy atom. The summed E-state index contributed by atoms with van der Waals surface area (Å²) in [6.45, 7) is -0.525. The van der Waals surface area contributed by atoms with Gasteiger partial charge in [0.25, 0.3) is 15.9 Å². The number of benzene rings is 2. The number of sulfonamides is 1. The molecule has 3 aromatic rings. The van der Waals surface area contributed by atoms with E-state index < -0.39 is 28.5 Å². The van der Waals surface area contributed by atoms with E-state index in [0.717, 1.165) is 4.31 Å². The van der Waals surface area contributed by atoms with Gasteiger partial charge in [0, 0.05) is 13.1 Å². The molecule has 1 heterocycles. The molecule has 0 aliphatic carbocycles. The number of nitrogens with zero attached hydrogens (tertiary/aromatic N) is 2. The van der Waals surface area contributed by atoms with Crippen LogP contribution in [0.3, 0.4) is 0 Å². The lowest BCUT2D eigenvalue weighted by molar-refractivity contribution is -0.119. The predicted octanol–water partition coefficient (Wildman–Crippen LogP) is 2.30. The van der Waals surface area contributed by atoms with E-state index in [2.05, 4.69) is 15.0 Å². The molecular formula is C19H17N3O6S. The van der Waals surface area contributed by atoms with E-state index >= 15 is 0 Å². The molecule has 0 saturated carbocycles. The van der Waals surface area contributed by atoms with Crippen molar-refractivity contribution in [3.05, 3.63) is 72.5 Å². The number of nitrogens with one attached hydrogen (secondary N) is 1. The Morgan fingerprint density at radius 2 is 1.76 bits per heavy atom. The van der Waals surface area contributed by atoms with Gasteiger partial charge in [0.1, 0.15) is 6.26 Å². The average Bonchev–Trinajstić information content (AvgIpc) is 3.25. The first-order chi connectivity index (χ1) is 13.9. The molecule has 0 spiro atoms. The molecule has 3 rings (SSSR count). The van der Waals surface area contributed by atoms with Crippen molar-refractivity contribution >= 4 is 33.4 Å². The summed E-state index contributed by atoms with van der Waals surface area (Å²) in [7, 11) is -2.34. The molecule has 1 N–H and O–H groups in total. The number of carbonyl (C=O) groups is 2. The van der Waals surface area contributed by atoms with Crippen molar-refractivity contribution in [1.29, 1.82) is 0 Å². The van der Waals surface area contributed by atoms with Crippen molar-refractivity contribution in [1.82, 2.24) is 5.16 Å². The number of anilines is 2. The van der Waals surface area contributed by atoms with Gasteiger partial charge in [-0.3, -0.25) is 9.10 Å². The maximum Gasteiger partial charge on any atom is 0.338 e. The van der Waals surface area contributed by atoms with Gasteiger partial charge >= 0.3 is 5.97 Å². The summed E-state index contributed by atoms with van der Waals surface area (Å²) >= 11 is 0. The summed E-state index contributed by atoms with van der Waals surface area (Å²) in [6.07, 6.45) is 1.28. The molecular weight excluding hydrogens is 398 g/mol. The van der Waals surface area contributed by atoms with Crippen molar-refractivity contribution in [3.8, 4) is 0 Å². The van der Waals surface area contributed by atoms with Crippen LogP contribution in [0.2, 0.25) is 0 Å². The molecule has 0 radical (unpaired) electrons. The quantitative estimate of drug-likeness (QED) is 0.588. The minimum atomic E-state index is -3.79. The number of aromatic nitrogens is 1. The summed E-state index contributed by atoms with van der Waals surface area (Å²) < 4.78 is 36.1. The number of rotatable bonds is 7. The van der Waals surface area contributed by atoms with Gasteiger partial charge < -0.3 is 14.6 Å². The first kappa shape index (κ1) is 20.1. The fraction of sp³-hybridized carbons (Fsp3) is 0.105. The third-order valence-electron chi connectivity index (χ3n) is 3.91. The molecule has 29 heavy (non-hydrogen) atoms. The van der Waals surface area contributed by atoms with Crippen molar-refractivity contribution in [3.63, 3.8) is 0 Å². The number of hydrogen-bond acceptors (Lipinski definition) is 7. The molecule has 2 aromatic carbocycles. The average molecular weight is 415 g/mol. The fourth-order valence-electron chi connectivity index (χ4n) is 2.37. The maximum atomic E-state index is 12.7. The van der Waals surface area contributed by atoms with E-state index in [-0.39, 0.29) is 16.3 Å². The summed E-state index contributed by atoms with van der Waals surface area (Å²) in [5.74, 6) is -1.15. The normalized spacial score (nSPS) is 10.9. The number of esters is 1. The Bertz CT molecular complexity index is 1080. The van der Waals surface area contributed by atoms with E-state index in [1.807, 2.05) is 0 Å². The highest BCUT2D eigenvalue weighted by Crippen LogP contribution is 2.22. The number of amides is 1. The van der Waals surface area contributed by atoms with Gasteiger partial charge in [0.2, 0.25) is 0 Å². The van der Waals surface area contributed by atoms with Gasteiger partial charge in [0.15, 0.2) is 12.4 Å². The van der Waals surface area contributed by atoms with Crippen LogP contribution < -0.4 is 9.62 Å². The topological polar surface area (TPSA) is 119 Å². The van der Waals surface area contributed by atoms with Gasteiger partial charge in [0.05, 0.1) is 16.1 Å². The first-order valence-corrected chi connectivity index (χ1v) is 9.83. The summed E-state index contributed by atoms with van der Waals surface area (Å²) in [5, 5.41) is 5.88. The Balaban J connectivity index is 1.63. The second kappa shape index (κ2) is 8.57. The lowest BCUT2D eigenvalue weighted by Gasteiger charge is -2.19. The molecule has 0 aliphatic rings. The van der Waals surface area contributed by atoms with E-state index in [1.165, 1.54) is 43.6 Å². The lowest BCUT2D eigenvalue weighted by atomic mass is 10.2. The van der Waals surface area contributed by atoms with Crippen LogP contribution in [0.4, 0.5) is 11.5 Å². The Labute approximate surface area is 166 Å². The molecule has 0 saturated heterocycles. The van der Waals surface area contributed by atoms with Crippen molar-refractivity contribution in [2.24, 2.45) is 0 Å². The van der Waals surface area contributed by atoms with Crippen LogP contribution in [0.25, 0.3) is 0 Å². The van der Waals surface area contributed by atoms with E-state index in [4.69, 9.17) is 4.74 Å². The SMILES string of the molecule is CN(c1ccccc1)S(=O)(=O)c1ccc(C(=O)OCC(=O)Nc2ccon2)cc1. The zero-order chi connectivity index (χ0) is 20.9. The standard InChI is InChI=1S/C19H17N3O6S/c1-22(15-5-3-2-4-6-15)29(25,26)16-9-7-14(8-10-16)19(24)27-13-18(23)20-17-11-12-28-21-17/h2-12H,13H2,1H3,(H,20,21,23). The summed E-state index contributed by atoms with van der Waals surface area (Å²) in [5.41, 5.74) is 0.620. The van der Waals surface area contributed by atoms with Crippen LogP contribution in [0.1, 0.15) is 10.4 Å². The van der Waals surface area contributed by atoms with Gasteiger partial charge in [-0.05, 0) is 36.4 Å². The molecule has 9 nitrogen and oxygen atoms in total. The zero-order valence-corrected chi connectivity index (χ0v) is 16.1. The van der Waals surface area contributed by atoms with Gasteiger partial charge in [-0.25, -0.2) is 13.2 Å². The van der Waals surface area contributed by atoms with E-state index in [9.17, 15) is 18.0 Å². The molecule has 0 unspecified atom stereocenters. The molecule has 0 bridgehead atoms. The van der Waals surface area contributed by atoms with Crippen molar-refractivity contribution in [2.75, 3.05) is 23.3 Å². The maximum absolute atomic E-state index is 12.7. The summed E-state index contributed by atoms with van der Waals surface area (Å²) in [6, 6.07) is 15.3. The van der Waals surface area contributed by atoms with Gasteiger partial charge in [-0.2, -0.15) is 0 Å². The lowest BCUT2D eigenvalue weighted by Crippen LogP contribution is -2.26. The summed E-state index contributed by atoms with van der Waals surface area (Å²) in [4.78, 5) is 23.8.